The van der Waals surface area contributed by atoms with Crippen molar-refractivity contribution in [2.45, 2.75) is 13.8 Å². The van der Waals surface area contributed by atoms with Crippen LogP contribution in [0.15, 0.2) is 12.3 Å². The monoisotopic (exact) mass is 175 g/mol. The molecule has 0 bridgehead atoms. The van der Waals surface area contributed by atoms with Crippen molar-refractivity contribution in [1.29, 1.82) is 0 Å². The molecule has 0 aliphatic carbocycles. The Morgan fingerprint density at radius 2 is 2.08 bits per heavy atom. The fourth-order valence-corrected chi connectivity index (χ4v) is 0.939. The first-order chi connectivity index (χ1) is 5.11. The molecule has 0 radical (unpaired) electrons. The van der Waals surface area contributed by atoms with Crippen molar-refractivity contribution >= 4 is 35.5 Å². The zero-order valence-corrected chi connectivity index (χ0v) is 6.46. The van der Waals surface area contributed by atoms with E-state index in [1.807, 2.05) is 6.92 Å². The molecule has 1 N–H and O–H groups in total. The number of hydrogen-bond donors (Lipinski definition) is 1. The molecule has 0 fully saturated rings. The van der Waals surface area contributed by atoms with Crippen LogP contribution in [0, 0.1) is 13.8 Å². The topological polar surface area (TPSA) is 50.2 Å². The summed E-state index contributed by atoms with van der Waals surface area (Å²) >= 11 is 0. The van der Waals surface area contributed by atoms with Crippen molar-refractivity contribution in [2.24, 2.45) is 0 Å². The average molecular weight is 175 g/mol. The van der Waals surface area contributed by atoms with E-state index in [1.165, 1.54) is 0 Å². The number of pyridine rings is 1. The maximum atomic E-state index is 10.5. The Morgan fingerprint density at radius 1 is 1.50 bits per heavy atom. The molecule has 0 aliphatic rings. The molecule has 1 aromatic heterocycles. The Kier molecular flexibility index (Phi) is 4.45. The second kappa shape index (κ2) is 4.60. The normalized spacial score (nSPS) is 8.83. The molecular formula is C8H10NNaO2. The second-order valence-electron chi connectivity index (χ2n) is 2.48. The summed E-state index contributed by atoms with van der Waals surface area (Å²) in [6, 6.07) is 1.80. The number of rotatable bonds is 1. The Bertz CT molecular complexity index is 299. The predicted molar refractivity (Wildman–Crippen MR) is 47.8 cm³/mol. The fraction of sp³-hybridized carbons (Fsp3) is 0.250. The van der Waals surface area contributed by atoms with E-state index in [0.717, 1.165) is 5.56 Å². The molecule has 60 valence electrons. The van der Waals surface area contributed by atoms with Crippen LogP contribution in [0.4, 0.5) is 0 Å². The van der Waals surface area contributed by atoms with Gasteiger partial charge in [0.25, 0.3) is 0 Å². The predicted octanol–water partition coefficient (Wildman–Crippen LogP) is 0.748. The summed E-state index contributed by atoms with van der Waals surface area (Å²) in [6.45, 7) is 3.62. The number of carboxylic acids is 1. The van der Waals surface area contributed by atoms with Crippen LogP contribution in [-0.2, 0) is 0 Å². The Labute approximate surface area is 93.1 Å². The standard InChI is InChI=1S/C8H9NO2.Na.H/c1-5-3-6(2)7(8(10)11)9-4-5;;/h3-4H,1-2H3,(H,10,11);;. The van der Waals surface area contributed by atoms with Gasteiger partial charge in [0.2, 0.25) is 0 Å². The van der Waals surface area contributed by atoms with Crippen molar-refractivity contribution < 1.29 is 9.90 Å². The summed E-state index contributed by atoms with van der Waals surface area (Å²) in [4.78, 5) is 14.2. The van der Waals surface area contributed by atoms with Crippen molar-refractivity contribution in [3.05, 3.63) is 29.1 Å². The molecule has 0 aromatic carbocycles. The van der Waals surface area contributed by atoms with E-state index in [9.17, 15) is 4.79 Å². The van der Waals surface area contributed by atoms with E-state index in [4.69, 9.17) is 5.11 Å². The summed E-state index contributed by atoms with van der Waals surface area (Å²) in [7, 11) is 0. The number of aromatic carboxylic acids is 1. The number of nitrogens with zero attached hydrogens (tertiary/aromatic N) is 1. The van der Waals surface area contributed by atoms with Gasteiger partial charge >= 0.3 is 35.5 Å². The van der Waals surface area contributed by atoms with E-state index in [2.05, 4.69) is 4.98 Å². The van der Waals surface area contributed by atoms with E-state index in [-0.39, 0.29) is 35.3 Å². The molecule has 0 aliphatic heterocycles. The van der Waals surface area contributed by atoms with Crippen molar-refractivity contribution in [1.82, 2.24) is 4.98 Å². The van der Waals surface area contributed by atoms with Gasteiger partial charge in [0, 0.05) is 6.20 Å². The number of aromatic nitrogens is 1. The molecule has 0 amide bonds. The molecular weight excluding hydrogens is 165 g/mol. The minimum absolute atomic E-state index is 0. The minimum atomic E-state index is -0.970. The quantitative estimate of drug-likeness (QED) is 0.640. The van der Waals surface area contributed by atoms with Gasteiger partial charge in [0.15, 0.2) is 5.69 Å². The Morgan fingerprint density at radius 3 is 2.50 bits per heavy atom. The molecule has 1 heterocycles. The summed E-state index contributed by atoms with van der Waals surface area (Å²) in [5, 5.41) is 8.59. The summed E-state index contributed by atoms with van der Waals surface area (Å²) in [6.07, 6.45) is 1.55. The van der Waals surface area contributed by atoms with Crippen LogP contribution in [0.3, 0.4) is 0 Å². The van der Waals surface area contributed by atoms with E-state index in [0.29, 0.717) is 5.56 Å². The molecule has 4 heteroatoms. The van der Waals surface area contributed by atoms with Gasteiger partial charge in [-0.25, -0.2) is 9.78 Å². The van der Waals surface area contributed by atoms with Crippen molar-refractivity contribution in [3.63, 3.8) is 0 Å². The van der Waals surface area contributed by atoms with Crippen LogP contribution < -0.4 is 0 Å². The molecule has 3 nitrogen and oxygen atoms in total. The first kappa shape index (κ1) is 11.6. The maximum absolute atomic E-state index is 10.5. The van der Waals surface area contributed by atoms with Crippen LogP contribution >= 0.6 is 0 Å². The van der Waals surface area contributed by atoms with Crippen LogP contribution in [0.2, 0.25) is 0 Å². The molecule has 0 spiro atoms. The van der Waals surface area contributed by atoms with Crippen molar-refractivity contribution in [2.75, 3.05) is 0 Å². The molecule has 0 saturated carbocycles. The fourth-order valence-electron chi connectivity index (χ4n) is 0.939. The van der Waals surface area contributed by atoms with Gasteiger partial charge in [-0.15, -0.1) is 0 Å². The third-order valence-corrected chi connectivity index (χ3v) is 1.42. The van der Waals surface area contributed by atoms with Gasteiger partial charge < -0.3 is 5.11 Å². The molecule has 12 heavy (non-hydrogen) atoms. The molecule has 1 aromatic rings. The van der Waals surface area contributed by atoms with Gasteiger partial charge in [0.1, 0.15) is 0 Å². The number of hydrogen-bond acceptors (Lipinski definition) is 2. The van der Waals surface area contributed by atoms with E-state index >= 15 is 0 Å². The van der Waals surface area contributed by atoms with Gasteiger partial charge in [-0.3, -0.25) is 0 Å². The van der Waals surface area contributed by atoms with Crippen LogP contribution in [0.1, 0.15) is 21.6 Å². The van der Waals surface area contributed by atoms with Crippen molar-refractivity contribution in [3.8, 4) is 0 Å². The third kappa shape index (κ3) is 2.59. The molecule has 0 unspecified atom stereocenters. The number of carboxylic acid groups (broad SMARTS) is 1. The summed E-state index contributed by atoms with van der Waals surface area (Å²) < 4.78 is 0. The summed E-state index contributed by atoms with van der Waals surface area (Å²) in [5.74, 6) is -0.970. The first-order valence-electron chi connectivity index (χ1n) is 3.28. The van der Waals surface area contributed by atoms with Gasteiger partial charge in [-0.1, -0.05) is 6.07 Å². The van der Waals surface area contributed by atoms with Gasteiger partial charge in [0.05, 0.1) is 0 Å². The SMILES string of the molecule is Cc1cnc(C(=O)O)c(C)c1.[NaH]. The van der Waals surface area contributed by atoms with Gasteiger partial charge in [-0.05, 0) is 25.0 Å². The number of carbonyl (C=O) groups is 1. The zero-order chi connectivity index (χ0) is 8.43. The summed E-state index contributed by atoms with van der Waals surface area (Å²) in [5.41, 5.74) is 1.82. The first-order valence-corrected chi connectivity index (χ1v) is 3.28. The molecule has 1 rings (SSSR count). The van der Waals surface area contributed by atoms with Crippen LogP contribution in [-0.4, -0.2) is 45.6 Å². The molecule has 0 saturated heterocycles. The van der Waals surface area contributed by atoms with Gasteiger partial charge in [-0.2, -0.15) is 0 Å². The Hall–Kier alpha value is -0.380. The molecule has 0 atom stereocenters. The number of aryl methyl sites for hydroxylation is 2. The Balaban J connectivity index is 0.00000121. The third-order valence-electron chi connectivity index (χ3n) is 1.42. The van der Waals surface area contributed by atoms with E-state index in [1.54, 1.807) is 19.2 Å². The average Bonchev–Trinajstić information content (AvgIpc) is 1.85. The second-order valence-corrected chi connectivity index (χ2v) is 2.48. The zero-order valence-electron chi connectivity index (χ0n) is 6.46. The van der Waals surface area contributed by atoms with E-state index < -0.39 is 5.97 Å². The van der Waals surface area contributed by atoms with Crippen LogP contribution in [0.5, 0.6) is 0 Å². The van der Waals surface area contributed by atoms with Crippen LogP contribution in [0.25, 0.3) is 0 Å².